The Hall–Kier alpha value is -2.26. The third-order valence-corrected chi connectivity index (χ3v) is 3.34. The van der Waals surface area contributed by atoms with Crippen LogP contribution in [0.25, 0.3) is 6.08 Å². The van der Waals surface area contributed by atoms with Crippen molar-refractivity contribution in [3.8, 4) is 0 Å². The van der Waals surface area contributed by atoms with Crippen molar-refractivity contribution in [1.29, 1.82) is 0 Å². The lowest BCUT2D eigenvalue weighted by Gasteiger charge is -2.07. The van der Waals surface area contributed by atoms with Crippen molar-refractivity contribution in [2.24, 2.45) is 0 Å². The SMILES string of the molecule is Cc1ccc(NC(=O)N/C=C/c2cccc(Cl)c2)cc1C. The van der Waals surface area contributed by atoms with E-state index >= 15 is 0 Å². The van der Waals surface area contributed by atoms with E-state index in [0.29, 0.717) is 5.02 Å². The number of nitrogens with one attached hydrogen (secondary N) is 2. The minimum absolute atomic E-state index is 0.281. The summed E-state index contributed by atoms with van der Waals surface area (Å²) in [6.07, 6.45) is 3.37. The van der Waals surface area contributed by atoms with Gasteiger partial charge in [-0.15, -0.1) is 0 Å². The molecule has 2 aromatic rings. The first-order valence-electron chi connectivity index (χ1n) is 6.61. The van der Waals surface area contributed by atoms with Crippen LogP contribution in [0.2, 0.25) is 5.02 Å². The van der Waals surface area contributed by atoms with E-state index in [9.17, 15) is 4.79 Å². The third-order valence-electron chi connectivity index (χ3n) is 3.10. The lowest BCUT2D eigenvalue weighted by atomic mass is 10.1. The molecular formula is C17H17ClN2O. The number of aryl methyl sites for hydroxylation is 2. The number of carbonyl (C=O) groups excluding carboxylic acids is 1. The van der Waals surface area contributed by atoms with Crippen LogP contribution in [0, 0.1) is 13.8 Å². The summed E-state index contributed by atoms with van der Waals surface area (Å²) in [5.74, 6) is 0. The van der Waals surface area contributed by atoms with Gasteiger partial charge in [-0.05, 0) is 60.9 Å². The number of halogens is 1. The zero-order valence-electron chi connectivity index (χ0n) is 12.0. The van der Waals surface area contributed by atoms with Crippen molar-refractivity contribution in [3.63, 3.8) is 0 Å². The predicted molar refractivity (Wildman–Crippen MR) is 88.6 cm³/mol. The molecule has 0 fully saturated rings. The third kappa shape index (κ3) is 4.65. The first kappa shape index (κ1) is 15.1. The molecule has 2 aromatic carbocycles. The molecule has 0 aliphatic heterocycles. The monoisotopic (exact) mass is 300 g/mol. The number of hydrogen-bond acceptors (Lipinski definition) is 1. The summed E-state index contributed by atoms with van der Waals surface area (Å²) in [5, 5.41) is 6.10. The zero-order valence-corrected chi connectivity index (χ0v) is 12.7. The van der Waals surface area contributed by atoms with Gasteiger partial charge in [0.05, 0.1) is 0 Å². The highest BCUT2D eigenvalue weighted by atomic mass is 35.5. The van der Waals surface area contributed by atoms with E-state index in [1.807, 2.05) is 50.2 Å². The minimum atomic E-state index is -0.281. The number of urea groups is 1. The van der Waals surface area contributed by atoms with Gasteiger partial charge in [0.15, 0.2) is 0 Å². The number of rotatable bonds is 3. The summed E-state index contributed by atoms with van der Waals surface area (Å²) in [4.78, 5) is 11.8. The normalized spacial score (nSPS) is 10.6. The minimum Gasteiger partial charge on any atom is -0.314 e. The van der Waals surface area contributed by atoms with Crippen molar-refractivity contribution < 1.29 is 4.79 Å². The van der Waals surface area contributed by atoms with Gasteiger partial charge in [0.2, 0.25) is 0 Å². The van der Waals surface area contributed by atoms with Gasteiger partial charge < -0.3 is 10.6 Å². The van der Waals surface area contributed by atoms with Crippen molar-refractivity contribution in [3.05, 3.63) is 70.4 Å². The molecule has 0 bridgehead atoms. The van der Waals surface area contributed by atoms with Crippen LogP contribution >= 0.6 is 11.6 Å². The van der Waals surface area contributed by atoms with E-state index in [4.69, 9.17) is 11.6 Å². The second kappa shape index (κ2) is 6.95. The summed E-state index contributed by atoms with van der Waals surface area (Å²) < 4.78 is 0. The highest BCUT2D eigenvalue weighted by Crippen LogP contribution is 2.14. The standard InChI is InChI=1S/C17H17ClN2O/c1-12-6-7-16(10-13(12)2)20-17(21)19-9-8-14-4-3-5-15(18)11-14/h3-11H,1-2H3,(H2,19,20,21)/b9-8+. The number of anilines is 1. The van der Waals surface area contributed by atoms with Crippen molar-refractivity contribution >= 4 is 29.4 Å². The van der Waals surface area contributed by atoms with Gasteiger partial charge in [-0.2, -0.15) is 0 Å². The van der Waals surface area contributed by atoms with E-state index in [0.717, 1.165) is 16.8 Å². The fraction of sp³-hybridized carbons (Fsp3) is 0.118. The quantitative estimate of drug-likeness (QED) is 0.844. The molecule has 2 rings (SSSR count). The van der Waals surface area contributed by atoms with Crippen molar-refractivity contribution in [2.75, 3.05) is 5.32 Å². The largest absolute Gasteiger partial charge is 0.323 e. The lowest BCUT2D eigenvalue weighted by Crippen LogP contribution is -2.23. The van der Waals surface area contributed by atoms with Crippen LogP contribution in [0.5, 0.6) is 0 Å². The van der Waals surface area contributed by atoms with Crippen LogP contribution in [0.3, 0.4) is 0 Å². The van der Waals surface area contributed by atoms with Crippen molar-refractivity contribution in [1.82, 2.24) is 5.32 Å². The summed E-state index contributed by atoms with van der Waals surface area (Å²) >= 11 is 5.89. The topological polar surface area (TPSA) is 41.1 Å². The van der Waals surface area contributed by atoms with Crippen LogP contribution in [-0.2, 0) is 0 Å². The molecule has 0 heterocycles. The maximum atomic E-state index is 11.8. The Morgan fingerprint density at radius 3 is 2.62 bits per heavy atom. The van der Waals surface area contributed by atoms with Gasteiger partial charge in [0.1, 0.15) is 0 Å². The molecule has 0 radical (unpaired) electrons. The molecule has 108 valence electrons. The van der Waals surface area contributed by atoms with Gasteiger partial charge in [-0.25, -0.2) is 4.79 Å². The fourth-order valence-corrected chi connectivity index (χ4v) is 2.01. The zero-order chi connectivity index (χ0) is 15.2. The second-order valence-electron chi connectivity index (χ2n) is 4.79. The number of hydrogen-bond donors (Lipinski definition) is 2. The smallest absolute Gasteiger partial charge is 0.314 e. The van der Waals surface area contributed by atoms with E-state index in [-0.39, 0.29) is 6.03 Å². The molecule has 0 aromatic heterocycles. The molecule has 2 N–H and O–H groups in total. The Balaban J connectivity index is 1.91. The fourth-order valence-electron chi connectivity index (χ4n) is 1.81. The Morgan fingerprint density at radius 1 is 1.10 bits per heavy atom. The molecule has 2 amide bonds. The Labute approximate surface area is 129 Å². The number of carbonyl (C=O) groups is 1. The van der Waals surface area contributed by atoms with Gasteiger partial charge in [-0.3, -0.25) is 0 Å². The molecule has 0 saturated carbocycles. The Kier molecular flexibility index (Phi) is 5.01. The molecular weight excluding hydrogens is 284 g/mol. The molecule has 0 saturated heterocycles. The van der Waals surface area contributed by atoms with E-state index in [2.05, 4.69) is 10.6 Å². The van der Waals surface area contributed by atoms with Crippen LogP contribution in [0.1, 0.15) is 16.7 Å². The van der Waals surface area contributed by atoms with E-state index in [1.54, 1.807) is 18.3 Å². The molecule has 0 spiro atoms. The summed E-state index contributed by atoms with van der Waals surface area (Å²) in [6.45, 7) is 4.05. The predicted octanol–water partition coefficient (Wildman–Crippen LogP) is 4.75. The van der Waals surface area contributed by atoms with Gasteiger partial charge in [0, 0.05) is 16.9 Å². The van der Waals surface area contributed by atoms with E-state index < -0.39 is 0 Å². The highest BCUT2D eigenvalue weighted by molar-refractivity contribution is 6.30. The molecule has 21 heavy (non-hydrogen) atoms. The van der Waals surface area contributed by atoms with Crippen LogP contribution < -0.4 is 10.6 Å². The number of amides is 2. The van der Waals surface area contributed by atoms with Crippen LogP contribution in [0.15, 0.2) is 48.7 Å². The molecule has 0 aliphatic carbocycles. The van der Waals surface area contributed by atoms with Gasteiger partial charge in [0.25, 0.3) is 0 Å². The molecule has 3 nitrogen and oxygen atoms in total. The molecule has 0 unspecified atom stereocenters. The number of benzene rings is 2. The van der Waals surface area contributed by atoms with Crippen molar-refractivity contribution in [2.45, 2.75) is 13.8 Å². The van der Waals surface area contributed by atoms with E-state index in [1.165, 1.54) is 5.56 Å². The first-order valence-corrected chi connectivity index (χ1v) is 6.99. The van der Waals surface area contributed by atoms with Gasteiger partial charge >= 0.3 is 6.03 Å². The maximum absolute atomic E-state index is 11.8. The molecule has 0 atom stereocenters. The summed E-state index contributed by atoms with van der Waals surface area (Å²) in [7, 11) is 0. The lowest BCUT2D eigenvalue weighted by molar-refractivity contribution is 0.255. The second-order valence-corrected chi connectivity index (χ2v) is 5.22. The average molecular weight is 301 g/mol. The molecule has 4 heteroatoms. The molecule has 0 aliphatic rings. The van der Waals surface area contributed by atoms with Crippen LogP contribution in [-0.4, -0.2) is 6.03 Å². The first-order chi connectivity index (χ1) is 10.0. The maximum Gasteiger partial charge on any atom is 0.323 e. The summed E-state index contributed by atoms with van der Waals surface area (Å²) in [6, 6.07) is 12.9. The average Bonchev–Trinajstić information content (AvgIpc) is 2.43. The highest BCUT2D eigenvalue weighted by Gasteiger charge is 2.00. The van der Waals surface area contributed by atoms with Crippen LogP contribution in [0.4, 0.5) is 10.5 Å². The summed E-state index contributed by atoms with van der Waals surface area (Å²) in [5.41, 5.74) is 4.03. The van der Waals surface area contributed by atoms with Gasteiger partial charge in [-0.1, -0.05) is 29.8 Å². The Morgan fingerprint density at radius 2 is 1.90 bits per heavy atom. The Bertz CT molecular complexity index is 680.